The molecule has 34 nitrogen and oxygen atoms in total. The zero-order chi connectivity index (χ0) is 85.3. The first-order valence-electron chi connectivity index (χ1n) is 37.7. The fourth-order valence-corrected chi connectivity index (χ4v) is 11.5. The molecule has 121 heavy (non-hydrogen) atoms. The zero-order valence-corrected chi connectivity index (χ0v) is 66.9. The summed E-state index contributed by atoms with van der Waals surface area (Å²) in [5, 5.41) is 23.7. The number of nitrogens with one attached hydrogen (secondary N) is 8. The van der Waals surface area contributed by atoms with Crippen molar-refractivity contribution in [1.82, 2.24) is 89.6 Å². The summed E-state index contributed by atoms with van der Waals surface area (Å²) in [5.74, 6) is 1.82. The number of hydrogen-bond donors (Lipinski definition) is 8. The summed E-state index contributed by atoms with van der Waals surface area (Å²) < 4.78 is 0. The van der Waals surface area contributed by atoms with Crippen molar-refractivity contribution in [2.24, 2.45) is 5.92 Å². The lowest BCUT2D eigenvalue weighted by Crippen LogP contribution is -2.32. The molecule has 8 N–H and O–H groups in total. The third kappa shape index (κ3) is 24.4. The average Bonchev–Trinajstić information content (AvgIpc) is 1.79. The summed E-state index contributed by atoms with van der Waals surface area (Å²) in [5.41, 5.74) is 6.45. The molecule has 606 valence electrons. The van der Waals surface area contributed by atoms with Crippen LogP contribution in [-0.2, 0) is 14.4 Å². The van der Waals surface area contributed by atoms with Gasteiger partial charge < -0.3 is 21.3 Å². The molecule has 0 saturated heterocycles. The van der Waals surface area contributed by atoms with E-state index in [1.54, 1.807) is 192 Å². The van der Waals surface area contributed by atoms with Crippen LogP contribution in [0, 0.1) is 33.6 Å². The molecule has 9 aromatic heterocycles. The third-order valence-electron chi connectivity index (χ3n) is 17.4. The van der Waals surface area contributed by atoms with Gasteiger partial charge in [-0.25, -0.2) is 19.9 Å². The van der Waals surface area contributed by atoms with Crippen molar-refractivity contribution in [2.75, 3.05) is 62.2 Å². The van der Waals surface area contributed by atoms with Crippen molar-refractivity contribution < 1.29 is 38.4 Å². The maximum Gasteiger partial charge on any atom is 0.274 e. The van der Waals surface area contributed by atoms with Crippen LogP contribution in [0.15, 0.2) is 225 Å². The van der Waals surface area contributed by atoms with E-state index in [1.165, 1.54) is 13.0 Å². The van der Waals surface area contributed by atoms with Crippen LogP contribution in [0.2, 0.25) is 5.02 Å². The molecule has 8 amide bonds. The van der Waals surface area contributed by atoms with Crippen LogP contribution >= 0.6 is 11.6 Å². The van der Waals surface area contributed by atoms with E-state index in [0.717, 1.165) is 36.7 Å². The third-order valence-corrected chi connectivity index (χ3v) is 17.7. The number of likely N-dealkylation sites (N-methyl/N-ethyl adjacent to an activating group) is 1. The number of rotatable bonds is 22. The molecule has 14 aromatic rings. The fraction of sp³-hybridized carbons (Fsp3) is 0.151. The maximum atomic E-state index is 12.8. The van der Waals surface area contributed by atoms with Gasteiger partial charge in [0.25, 0.3) is 29.5 Å². The first kappa shape index (κ1) is 84.6. The van der Waals surface area contributed by atoms with E-state index in [2.05, 4.69) is 127 Å². The van der Waals surface area contributed by atoms with Crippen LogP contribution in [0.5, 0.6) is 0 Å². The van der Waals surface area contributed by atoms with E-state index < -0.39 is 11.8 Å². The van der Waals surface area contributed by atoms with E-state index in [-0.39, 0.29) is 70.2 Å². The first-order valence-corrected chi connectivity index (χ1v) is 38.1. The summed E-state index contributed by atoms with van der Waals surface area (Å²) in [6.07, 6.45) is 10.1. The number of pyridine rings is 5. The highest BCUT2D eigenvalue weighted by atomic mass is 35.5. The van der Waals surface area contributed by atoms with Gasteiger partial charge in [0.05, 0.1) is 17.3 Å². The number of anilines is 8. The van der Waals surface area contributed by atoms with E-state index in [0.29, 0.717) is 127 Å². The van der Waals surface area contributed by atoms with Crippen molar-refractivity contribution in [3.05, 3.63) is 281 Å². The molecule has 5 aromatic carbocycles. The van der Waals surface area contributed by atoms with Gasteiger partial charge in [-0.3, -0.25) is 89.4 Å². The molecule has 9 heterocycles. The Morgan fingerprint density at radius 3 is 1.09 bits per heavy atom. The lowest BCUT2D eigenvalue weighted by atomic mass is 10.1. The Morgan fingerprint density at radius 1 is 0.364 bits per heavy atom. The molecule has 1 fully saturated rings. The molecule has 0 bridgehead atoms. The lowest BCUT2D eigenvalue weighted by Gasteiger charge is -2.17. The maximum absolute atomic E-state index is 12.8. The van der Waals surface area contributed by atoms with Crippen LogP contribution in [0.1, 0.15) is 109 Å². The van der Waals surface area contributed by atoms with E-state index in [9.17, 15) is 38.4 Å². The molecule has 1 aliphatic carbocycles. The van der Waals surface area contributed by atoms with Crippen LogP contribution in [0.25, 0.3) is 56.8 Å². The lowest BCUT2D eigenvalue weighted by molar-refractivity contribution is -0.118. The van der Waals surface area contributed by atoms with Crippen molar-refractivity contribution in [1.29, 1.82) is 0 Å². The number of carbonyl (C=O) groups excluding carboxylic acids is 8. The number of halogens is 1. The second-order valence-corrected chi connectivity index (χ2v) is 26.9. The van der Waals surface area contributed by atoms with Gasteiger partial charge in [-0.15, -0.1) is 0 Å². The van der Waals surface area contributed by atoms with Crippen molar-refractivity contribution in [2.45, 2.75) is 61.3 Å². The summed E-state index contributed by atoms with van der Waals surface area (Å²) in [6, 6.07) is 55.4. The summed E-state index contributed by atoms with van der Waals surface area (Å²) in [7, 11) is 0. The van der Waals surface area contributed by atoms with Gasteiger partial charge in [-0.2, -0.15) is 39.9 Å². The minimum Gasteiger partial charge on any atom is -0.326 e. The molecule has 15 rings (SSSR count). The normalized spacial score (nSPS) is 11.1. The molecule has 1 aliphatic rings. The van der Waals surface area contributed by atoms with Gasteiger partial charge in [-0.1, -0.05) is 74.0 Å². The van der Waals surface area contributed by atoms with Crippen molar-refractivity contribution in [3.8, 4) is 46.1 Å². The highest BCUT2D eigenvalue weighted by molar-refractivity contribution is 6.34. The summed E-state index contributed by atoms with van der Waals surface area (Å²) in [6.45, 7) is 14.2. The van der Waals surface area contributed by atoms with Gasteiger partial charge in [0.2, 0.25) is 41.5 Å². The zero-order valence-electron chi connectivity index (χ0n) is 66.2. The van der Waals surface area contributed by atoms with Crippen LogP contribution in [-0.4, -0.2) is 157 Å². The molecule has 1 saturated carbocycles. The number of nitrogens with zero attached hydrogens (tertiary/aromatic N) is 18. The Hall–Kier alpha value is -15.8. The van der Waals surface area contributed by atoms with Gasteiger partial charge in [0, 0.05) is 88.5 Å². The average molecular weight is 1640 g/mol. The standard InChI is InChI=1S/C26H19N7O2.C22H25N7O2.C20H18N6O2.C18H15ClN6O2/c1-16-29-23(21-8-4-5-14-27-21)32-26(30-16)33-24(34)18-9-11-19(12-10-18)31-25(35)22-20-7-3-2-6-17(20)13-15-28-22;1-4-29(5-2)14-19(30)26-17-11-9-16(10-12-17)21(31)28-22-25-15(3)24-20(27-22)18-8-6-7-13-23-18;1-12-22-17(16-4-2-3-11-21-16)25-20(23-12)26-19(28)14-7-9-15(10-8-14)24-18(27)13-5-6-13;1-10-21-16(15-5-3-4-8-20-15)24-18(22-10)25-17(27)12-6-7-14(13(19)9-12)23-11(2)26/h2-15H,1H3,(H,31,35)(H,29,30,32,33,34);6-13H,4-5,14H2,1-3H3,(H,26,30)(H,24,25,27,28,31);2-4,7-11,13H,5-6H2,1H3,(H,24,27)(H,22,23,25,26,28);3-9H,1-2H3,(H,23,26)(H,21,22,24,25,27). The van der Waals surface area contributed by atoms with E-state index in [1.807, 2.05) is 73.3 Å². The predicted octanol–water partition coefficient (Wildman–Crippen LogP) is 13.0. The summed E-state index contributed by atoms with van der Waals surface area (Å²) >= 11 is 6.11. The minimum atomic E-state index is -0.441. The van der Waals surface area contributed by atoms with E-state index in [4.69, 9.17) is 11.6 Å². The molecule has 0 atom stereocenters. The molecule has 0 radical (unpaired) electrons. The van der Waals surface area contributed by atoms with Gasteiger partial charge in [0.1, 0.15) is 51.8 Å². The monoisotopic (exact) mass is 1640 g/mol. The Labute approximate surface area is 697 Å². The van der Waals surface area contributed by atoms with Gasteiger partial charge in [0.15, 0.2) is 23.3 Å². The van der Waals surface area contributed by atoms with E-state index >= 15 is 0 Å². The SMILES string of the molecule is CC(=O)Nc1ccc(C(=O)Nc2nc(C)nc(-c3ccccn3)n2)cc1Cl.CCN(CC)CC(=O)Nc1ccc(C(=O)Nc2nc(C)nc(-c3ccccn3)n2)cc1.Cc1nc(NC(=O)c2ccc(NC(=O)C3CC3)cc2)nc(-c2ccccn2)n1.Cc1nc(NC(=O)c2ccc(NC(=O)c3nccc4ccccc34)cc2)nc(-c2ccccn2)n1. The molecular weight excluding hydrogens is 1560 g/mol. The first-order chi connectivity index (χ1) is 58.5. The molecule has 35 heteroatoms. The molecule has 0 spiro atoms. The Morgan fingerprint density at radius 2 is 0.727 bits per heavy atom. The summed E-state index contributed by atoms with van der Waals surface area (Å²) in [4.78, 5) is 172. The second kappa shape index (κ2) is 40.6. The molecule has 0 unspecified atom stereocenters. The Bertz CT molecular complexity index is 6060. The van der Waals surface area contributed by atoms with Crippen molar-refractivity contribution >= 4 is 116 Å². The Balaban J connectivity index is 0.000000148. The number of amides is 8. The minimum absolute atomic E-state index is 0.0277. The van der Waals surface area contributed by atoms with Crippen LogP contribution < -0.4 is 42.5 Å². The van der Waals surface area contributed by atoms with Crippen molar-refractivity contribution in [3.63, 3.8) is 0 Å². The largest absolute Gasteiger partial charge is 0.326 e. The van der Waals surface area contributed by atoms with Gasteiger partial charge in [-0.05, 0) is 205 Å². The van der Waals surface area contributed by atoms with Crippen LogP contribution in [0.3, 0.4) is 0 Å². The topological polar surface area (TPSA) is 455 Å². The smallest absolute Gasteiger partial charge is 0.274 e. The predicted molar refractivity (Wildman–Crippen MR) is 456 cm³/mol. The molecular formula is C86H77ClN26O8. The number of benzene rings is 5. The highest BCUT2D eigenvalue weighted by Crippen LogP contribution is 2.31. The number of fused-ring (bicyclic) bond motifs is 1. The quantitative estimate of drug-likeness (QED) is 0.0312. The fourth-order valence-electron chi connectivity index (χ4n) is 11.3. The number of hydrogen-bond acceptors (Lipinski definition) is 26. The Kier molecular flexibility index (Phi) is 28.4. The van der Waals surface area contributed by atoms with Crippen LogP contribution in [0.4, 0.5) is 46.5 Å². The highest BCUT2D eigenvalue weighted by Gasteiger charge is 2.30. The number of aryl methyl sites for hydroxylation is 4. The molecule has 0 aliphatic heterocycles. The number of carbonyl (C=O) groups is 8. The van der Waals surface area contributed by atoms with Gasteiger partial charge >= 0.3 is 0 Å². The second-order valence-electron chi connectivity index (χ2n) is 26.5. The number of aromatic nitrogens is 17.